The summed E-state index contributed by atoms with van der Waals surface area (Å²) < 4.78 is 15.1. The van der Waals surface area contributed by atoms with Crippen LogP contribution in [0.3, 0.4) is 0 Å². The fourth-order valence-corrected chi connectivity index (χ4v) is 4.39. The first-order valence-electron chi connectivity index (χ1n) is 10.6. The number of carbonyl (C=O) groups excluding carboxylic acids is 2. The van der Waals surface area contributed by atoms with Gasteiger partial charge in [0.1, 0.15) is 5.82 Å². The maximum atomic E-state index is 13.5. The average Bonchev–Trinajstić information content (AvgIpc) is 3.21. The van der Waals surface area contributed by atoms with Crippen molar-refractivity contribution < 1.29 is 14.0 Å². The van der Waals surface area contributed by atoms with Gasteiger partial charge in [-0.05, 0) is 67.8 Å². The van der Waals surface area contributed by atoms with E-state index in [9.17, 15) is 14.0 Å². The van der Waals surface area contributed by atoms with Gasteiger partial charge in [0.05, 0.1) is 22.0 Å². The number of hydrogen-bond acceptors (Lipinski definition) is 4. The molecule has 2 heterocycles. The van der Waals surface area contributed by atoms with Crippen molar-refractivity contribution in [2.45, 2.75) is 19.8 Å². The molecular weight excluding hydrogens is 457 g/mol. The van der Waals surface area contributed by atoms with Gasteiger partial charge in [-0.15, -0.1) is 0 Å². The van der Waals surface area contributed by atoms with E-state index < -0.39 is 5.91 Å². The van der Waals surface area contributed by atoms with Gasteiger partial charge < -0.3 is 11.1 Å². The lowest BCUT2D eigenvalue weighted by molar-refractivity contribution is 0.0992. The van der Waals surface area contributed by atoms with Crippen molar-refractivity contribution >= 4 is 29.1 Å². The molecular formula is C25H19ClFN5O2. The molecule has 0 fully saturated rings. The van der Waals surface area contributed by atoms with Crippen LogP contribution in [-0.4, -0.2) is 26.6 Å². The maximum absolute atomic E-state index is 13.5. The fraction of sp³-hybridized carbons (Fsp3) is 0.120. The number of amides is 2. The summed E-state index contributed by atoms with van der Waals surface area (Å²) in [7, 11) is 0. The molecule has 0 saturated heterocycles. The van der Waals surface area contributed by atoms with Gasteiger partial charge in [0.15, 0.2) is 5.69 Å². The summed E-state index contributed by atoms with van der Waals surface area (Å²) in [5.41, 5.74) is 11.2. The summed E-state index contributed by atoms with van der Waals surface area (Å²) in [6.45, 7) is 1.78. The molecule has 0 radical (unpaired) electrons. The zero-order valence-corrected chi connectivity index (χ0v) is 18.9. The summed E-state index contributed by atoms with van der Waals surface area (Å²) >= 11 is 6.17. The Balaban J connectivity index is 1.60. The summed E-state index contributed by atoms with van der Waals surface area (Å²) in [6, 6.07) is 13.0. The van der Waals surface area contributed by atoms with Crippen molar-refractivity contribution in [2.24, 2.45) is 5.73 Å². The molecule has 34 heavy (non-hydrogen) atoms. The minimum atomic E-state index is -0.632. The first-order valence-corrected chi connectivity index (χ1v) is 10.9. The van der Waals surface area contributed by atoms with Crippen molar-refractivity contribution in [3.05, 3.63) is 93.6 Å². The number of nitrogens with two attached hydrogens (primary N) is 1. The van der Waals surface area contributed by atoms with Crippen LogP contribution in [-0.2, 0) is 12.8 Å². The van der Waals surface area contributed by atoms with Crippen molar-refractivity contribution in [2.75, 3.05) is 5.32 Å². The highest BCUT2D eigenvalue weighted by Crippen LogP contribution is 2.38. The third-order valence-corrected chi connectivity index (χ3v) is 6.09. The van der Waals surface area contributed by atoms with Crippen LogP contribution >= 0.6 is 11.6 Å². The minimum Gasteiger partial charge on any atom is -0.364 e. The lowest BCUT2D eigenvalue weighted by atomic mass is 9.88. The summed E-state index contributed by atoms with van der Waals surface area (Å²) in [6.07, 6.45) is 2.71. The van der Waals surface area contributed by atoms with E-state index in [0.717, 1.165) is 16.7 Å². The molecule has 5 rings (SSSR count). The number of primary amides is 1. The van der Waals surface area contributed by atoms with E-state index in [4.69, 9.17) is 17.3 Å². The molecule has 7 nitrogen and oxygen atoms in total. The molecule has 0 spiro atoms. The lowest BCUT2D eigenvalue weighted by Crippen LogP contribution is -2.16. The highest BCUT2D eigenvalue weighted by atomic mass is 35.5. The largest absolute Gasteiger partial charge is 0.364 e. The van der Waals surface area contributed by atoms with Crippen molar-refractivity contribution in [1.82, 2.24) is 14.8 Å². The van der Waals surface area contributed by atoms with E-state index in [2.05, 4.69) is 15.4 Å². The molecule has 0 atom stereocenters. The van der Waals surface area contributed by atoms with Gasteiger partial charge in [-0.25, -0.2) is 9.07 Å². The second kappa shape index (κ2) is 8.39. The van der Waals surface area contributed by atoms with E-state index in [1.165, 1.54) is 18.3 Å². The SMILES string of the molecule is Cc1cc(C(=O)Nc2ccc3c(c2)-c2c(c(C(N)=O)nn2-c2ccc(F)cc2)CC3)c(Cl)cn1. The molecule has 0 unspecified atom stereocenters. The molecule has 0 bridgehead atoms. The van der Waals surface area contributed by atoms with Crippen molar-refractivity contribution in [1.29, 1.82) is 0 Å². The predicted molar refractivity (Wildman–Crippen MR) is 127 cm³/mol. The second-order valence-corrected chi connectivity index (χ2v) is 8.47. The number of fused-ring (bicyclic) bond motifs is 3. The Bertz CT molecular complexity index is 1460. The summed E-state index contributed by atoms with van der Waals surface area (Å²) in [4.78, 5) is 29.1. The van der Waals surface area contributed by atoms with Gasteiger partial charge in [0.2, 0.25) is 0 Å². The number of pyridine rings is 1. The number of aryl methyl sites for hydroxylation is 2. The lowest BCUT2D eigenvalue weighted by Gasteiger charge is -2.20. The van der Waals surface area contributed by atoms with Crippen LogP contribution in [0.5, 0.6) is 0 Å². The van der Waals surface area contributed by atoms with Crippen molar-refractivity contribution in [3.63, 3.8) is 0 Å². The van der Waals surface area contributed by atoms with Crippen LogP contribution in [0.2, 0.25) is 5.02 Å². The van der Waals surface area contributed by atoms with Crippen LogP contribution in [0.15, 0.2) is 54.7 Å². The molecule has 0 saturated carbocycles. The Kier molecular flexibility index (Phi) is 5.37. The molecule has 3 N–H and O–H groups in total. The van der Waals surface area contributed by atoms with Gasteiger partial charge in [-0.1, -0.05) is 17.7 Å². The Morgan fingerprint density at radius 1 is 1.12 bits per heavy atom. The summed E-state index contributed by atoms with van der Waals surface area (Å²) in [5, 5.41) is 7.59. The monoisotopic (exact) mass is 475 g/mol. The van der Waals surface area contributed by atoms with Crippen LogP contribution in [0.1, 0.15) is 37.7 Å². The van der Waals surface area contributed by atoms with Gasteiger partial charge in [0.25, 0.3) is 11.8 Å². The zero-order valence-electron chi connectivity index (χ0n) is 18.1. The van der Waals surface area contributed by atoms with E-state index in [0.29, 0.717) is 41.2 Å². The molecule has 2 aromatic carbocycles. The maximum Gasteiger partial charge on any atom is 0.269 e. The van der Waals surface area contributed by atoms with Crippen molar-refractivity contribution in [3.8, 4) is 16.9 Å². The van der Waals surface area contributed by atoms with E-state index >= 15 is 0 Å². The smallest absolute Gasteiger partial charge is 0.269 e. The highest BCUT2D eigenvalue weighted by molar-refractivity contribution is 6.34. The van der Waals surface area contributed by atoms with Crippen LogP contribution < -0.4 is 11.1 Å². The number of nitrogens with one attached hydrogen (secondary N) is 1. The van der Waals surface area contributed by atoms with Crippen LogP contribution in [0.25, 0.3) is 16.9 Å². The average molecular weight is 476 g/mol. The number of anilines is 1. The molecule has 4 aromatic rings. The molecule has 2 aromatic heterocycles. The van der Waals surface area contributed by atoms with Gasteiger partial charge in [0, 0.05) is 28.7 Å². The van der Waals surface area contributed by atoms with Gasteiger partial charge >= 0.3 is 0 Å². The van der Waals surface area contributed by atoms with E-state index in [1.807, 2.05) is 18.2 Å². The normalized spacial score (nSPS) is 12.1. The standard InChI is InChI=1S/C25H19ClFN5O2/c1-13-10-20(21(26)12-29-13)25(34)30-16-6-2-14-3-9-18-22(24(28)33)31-32(23(18)19(14)11-16)17-7-4-15(27)5-8-17/h2,4-8,10-12H,3,9H2,1H3,(H2,28,33)(H,30,34). The Morgan fingerprint density at radius 2 is 1.88 bits per heavy atom. The molecule has 9 heteroatoms. The number of carbonyl (C=O) groups is 2. The number of rotatable bonds is 4. The van der Waals surface area contributed by atoms with E-state index in [-0.39, 0.29) is 22.4 Å². The molecule has 1 aliphatic carbocycles. The zero-order chi connectivity index (χ0) is 24.0. The highest BCUT2D eigenvalue weighted by Gasteiger charge is 2.28. The number of halogens is 2. The summed E-state index contributed by atoms with van der Waals surface area (Å²) in [5.74, 6) is -1.38. The number of nitrogens with zero attached hydrogens (tertiary/aromatic N) is 3. The number of aromatic nitrogens is 3. The van der Waals surface area contributed by atoms with Crippen LogP contribution in [0, 0.1) is 12.7 Å². The minimum absolute atomic E-state index is 0.179. The Labute approximate surface area is 199 Å². The first kappa shape index (κ1) is 21.8. The molecule has 1 aliphatic rings. The van der Waals surface area contributed by atoms with Gasteiger partial charge in [-0.3, -0.25) is 14.6 Å². The van der Waals surface area contributed by atoms with Crippen LogP contribution in [0.4, 0.5) is 10.1 Å². The number of hydrogen-bond donors (Lipinski definition) is 2. The molecule has 170 valence electrons. The fourth-order valence-electron chi connectivity index (χ4n) is 4.20. The predicted octanol–water partition coefficient (Wildman–Crippen LogP) is 4.49. The Hall–Kier alpha value is -4.04. The topological polar surface area (TPSA) is 103 Å². The third-order valence-electron chi connectivity index (χ3n) is 5.79. The Morgan fingerprint density at radius 3 is 2.62 bits per heavy atom. The molecule has 2 amide bonds. The second-order valence-electron chi connectivity index (χ2n) is 8.06. The van der Waals surface area contributed by atoms with Gasteiger partial charge in [-0.2, -0.15) is 5.10 Å². The van der Waals surface area contributed by atoms with E-state index in [1.54, 1.807) is 29.8 Å². The quantitative estimate of drug-likeness (QED) is 0.454. The number of benzene rings is 2. The molecule has 0 aliphatic heterocycles. The third kappa shape index (κ3) is 3.82. The first-order chi connectivity index (χ1) is 16.3.